The average Bonchev–Trinajstić information content (AvgIpc) is 1.80. The van der Waals surface area contributed by atoms with Crippen molar-refractivity contribution >= 4 is 12.4 Å². The van der Waals surface area contributed by atoms with E-state index in [0.717, 1.165) is 6.42 Å². The van der Waals surface area contributed by atoms with Crippen molar-refractivity contribution in [2.24, 2.45) is 11.5 Å². The van der Waals surface area contributed by atoms with Crippen molar-refractivity contribution in [2.75, 3.05) is 0 Å². The van der Waals surface area contributed by atoms with Gasteiger partial charge in [0, 0.05) is 0 Å². The molecule has 0 fully saturated rings. The zero-order valence-corrected chi connectivity index (χ0v) is 7.49. The van der Waals surface area contributed by atoms with Gasteiger partial charge in [-0.3, -0.25) is 0 Å². The molecule has 0 saturated heterocycles. The monoisotopic (exact) mass is 166 g/mol. The molecule has 10 heavy (non-hydrogen) atoms. The maximum Gasteiger partial charge on any atom is 0.0520 e. The number of hydrogen-bond donors (Lipinski definition) is 2. The Kier molecular flexibility index (Phi) is 11.8. The summed E-state index contributed by atoms with van der Waals surface area (Å²) in [5.74, 6) is 0. The molecule has 0 aliphatic heterocycles. The van der Waals surface area contributed by atoms with E-state index in [0.29, 0.717) is 0 Å². The van der Waals surface area contributed by atoms with Gasteiger partial charge in [0.15, 0.2) is 0 Å². The van der Waals surface area contributed by atoms with Gasteiger partial charge in [0.25, 0.3) is 0 Å². The summed E-state index contributed by atoms with van der Waals surface area (Å²) < 4.78 is 0. The van der Waals surface area contributed by atoms with Crippen LogP contribution in [0.2, 0.25) is 0 Å². The number of rotatable bonds is 5. The molecule has 4 N–H and O–H groups in total. The van der Waals surface area contributed by atoms with E-state index >= 15 is 0 Å². The maximum atomic E-state index is 5.35. The first-order chi connectivity index (χ1) is 4.27. The summed E-state index contributed by atoms with van der Waals surface area (Å²) >= 11 is 0. The van der Waals surface area contributed by atoms with Crippen LogP contribution in [0.3, 0.4) is 0 Å². The average molecular weight is 167 g/mol. The van der Waals surface area contributed by atoms with Crippen molar-refractivity contribution in [3.05, 3.63) is 0 Å². The smallest absolute Gasteiger partial charge is 0.0520 e. The highest BCUT2D eigenvalue weighted by molar-refractivity contribution is 5.85. The number of nitrogens with two attached hydrogens (primary N) is 2. The fraction of sp³-hybridized carbons (Fsp3) is 1.00. The van der Waals surface area contributed by atoms with Crippen LogP contribution in [0.25, 0.3) is 0 Å². The van der Waals surface area contributed by atoms with E-state index in [4.69, 9.17) is 11.5 Å². The fourth-order valence-corrected chi connectivity index (χ4v) is 0.807. The van der Waals surface area contributed by atoms with Crippen LogP contribution >= 0.6 is 12.4 Å². The maximum absolute atomic E-state index is 5.35. The first kappa shape index (κ1) is 12.8. The van der Waals surface area contributed by atoms with Gasteiger partial charge in [-0.25, -0.2) is 0 Å². The van der Waals surface area contributed by atoms with Crippen molar-refractivity contribution in [1.29, 1.82) is 0 Å². The molecule has 0 aliphatic carbocycles. The van der Waals surface area contributed by atoms with E-state index in [9.17, 15) is 0 Å². The minimum Gasteiger partial charge on any atom is -0.316 e. The largest absolute Gasteiger partial charge is 0.316 e. The van der Waals surface area contributed by atoms with Gasteiger partial charge in [0.2, 0.25) is 0 Å². The highest BCUT2D eigenvalue weighted by Crippen LogP contribution is 2.01. The van der Waals surface area contributed by atoms with E-state index in [1.54, 1.807) is 0 Å². The molecular weight excluding hydrogens is 148 g/mol. The zero-order chi connectivity index (χ0) is 7.11. The summed E-state index contributed by atoms with van der Waals surface area (Å²) in [6.07, 6.45) is 5.93. The Morgan fingerprint density at radius 2 is 1.70 bits per heavy atom. The van der Waals surface area contributed by atoms with E-state index in [-0.39, 0.29) is 18.6 Å². The minimum absolute atomic E-state index is 0. The van der Waals surface area contributed by atoms with Crippen LogP contribution in [0.1, 0.15) is 39.0 Å². The lowest BCUT2D eigenvalue weighted by Gasteiger charge is -2.02. The van der Waals surface area contributed by atoms with Crippen molar-refractivity contribution in [1.82, 2.24) is 0 Å². The molecular formula is C7H19ClN2. The molecule has 0 saturated carbocycles. The topological polar surface area (TPSA) is 52.0 Å². The Morgan fingerprint density at radius 1 is 1.10 bits per heavy atom. The van der Waals surface area contributed by atoms with Crippen LogP contribution in [0.5, 0.6) is 0 Å². The third kappa shape index (κ3) is 11.1. The minimum atomic E-state index is -0.0955. The number of halogens is 1. The molecule has 0 spiro atoms. The van der Waals surface area contributed by atoms with E-state index in [2.05, 4.69) is 6.92 Å². The van der Waals surface area contributed by atoms with Gasteiger partial charge in [-0.1, -0.05) is 32.6 Å². The van der Waals surface area contributed by atoms with Gasteiger partial charge in [-0.15, -0.1) is 12.4 Å². The molecule has 0 rings (SSSR count). The molecule has 0 atom stereocenters. The van der Waals surface area contributed by atoms with Gasteiger partial charge in [-0.05, 0) is 6.42 Å². The number of unbranched alkanes of at least 4 members (excludes halogenated alkanes) is 3. The van der Waals surface area contributed by atoms with E-state index < -0.39 is 0 Å². The second-order valence-electron chi connectivity index (χ2n) is 2.51. The van der Waals surface area contributed by atoms with Gasteiger partial charge in [0.05, 0.1) is 6.17 Å². The first-order valence-corrected chi connectivity index (χ1v) is 3.78. The lowest BCUT2D eigenvalue weighted by molar-refractivity contribution is 0.561. The van der Waals surface area contributed by atoms with Crippen molar-refractivity contribution in [2.45, 2.75) is 45.2 Å². The molecule has 0 aromatic carbocycles. The quantitative estimate of drug-likeness (QED) is 0.482. The Balaban J connectivity index is 0. The lowest BCUT2D eigenvalue weighted by Crippen LogP contribution is -2.29. The molecule has 3 heteroatoms. The summed E-state index contributed by atoms with van der Waals surface area (Å²) in [5, 5.41) is 0. The SMILES string of the molecule is CCCCCCC(N)N.Cl. The normalized spacial score (nSPS) is 9.60. The second kappa shape index (κ2) is 9.21. The summed E-state index contributed by atoms with van der Waals surface area (Å²) in [7, 11) is 0. The van der Waals surface area contributed by atoms with Gasteiger partial charge < -0.3 is 11.5 Å². The Morgan fingerprint density at radius 3 is 2.10 bits per heavy atom. The Hall–Kier alpha value is 0.210. The van der Waals surface area contributed by atoms with Crippen LogP contribution in [-0.4, -0.2) is 6.17 Å². The summed E-state index contributed by atoms with van der Waals surface area (Å²) in [5.41, 5.74) is 10.7. The molecule has 0 aromatic heterocycles. The molecule has 2 nitrogen and oxygen atoms in total. The van der Waals surface area contributed by atoms with Gasteiger partial charge in [-0.2, -0.15) is 0 Å². The van der Waals surface area contributed by atoms with Gasteiger partial charge >= 0.3 is 0 Å². The van der Waals surface area contributed by atoms with Crippen molar-refractivity contribution in [3.63, 3.8) is 0 Å². The lowest BCUT2D eigenvalue weighted by atomic mass is 10.1. The van der Waals surface area contributed by atoms with E-state index in [1.165, 1.54) is 25.7 Å². The van der Waals surface area contributed by atoms with Crippen LogP contribution in [0, 0.1) is 0 Å². The molecule has 0 bridgehead atoms. The van der Waals surface area contributed by atoms with Crippen LogP contribution in [0.4, 0.5) is 0 Å². The molecule has 0 amide bonds. The van der Waals surface area contributed by atoms with Crippen LogP contribution in [-0.2, 0) is 0 Å². The first-order valence-electron chi connectivity index (χ1n) is 3.78. The summed E-state index contributed by atoms with van der Waals surface area (Å²) in [6.45, 7) is 2.20. The van der Waals surface area contributed by atoms with Crippen molar-refractivity contribution in [3.8, 4) is 0 Å². The molecule has 0 heterocycles. The molecule has 0 unspecified atom stereocenters. The molecule has 0 aromatic rings. The highest BCUT2D eigenvalue weighted by atomic mass is 35.5. The highest BCUT2D eigenvalue weighted by Gasteiger charge is 1.92. The zero-order valence-electron chi connectivity index (χ0n) is 6.68. The van der Waals surface area contributed by atoms with E-state index in [1.807, 2.05) is 0 Å². The second-order valence-corrected chi connectivity index (χ2v) is 2.51. The molecule has 0 aliphatic rings. The summed E-state index contributed by atoms with van der Waals surface area (Å²) in [4.78, 5) is 0. The van der Waals surface area contributed by atoms with Crippen LogP contribution < -0.4 is 11.5 Å². The fourth-order valence-electron chi connectivity index (χ4n) is 0.807. The predicted molar refractivity (Wildman–Crippen MR) is 48.2 cm³/mol. The Labute approximate surface area is 69.8 Å². The van der Waals surface area contributed by atoms with Crippen molar-refractivity contribution < 1.29 is 0 Å². The predicted octanol–water partition coefficient (Wildman–Crippen LogP) is 1.62. The molecule has 64 valence electrons. The molecule has 0 radical (unpaired) electrons. The third-order valence-electron chi connectivity index (χ3n) is 1.39. The van der Waals surface area contributed by atoms with Gasteiger partial charge in [0.1, 0.15) is 0 Å². The standard InChI is InChI=1S/C7H18N2.ClH/c1-2-3-4-5-6-7(8)9;/h7H,2-6,8-9H2,1H3;1H. The third-order valence-corrected chi connectivity index (χ3v) is 1.39. The summed E-state index contributed by atoms with van der Waals surface area (Å²) in [6, 6.07) is 0. The Bertz CT molecular complexity index is 57.6. The number of hydrogen-bond acceptors (Lipinski definition) is 2. The van der Waals surface area contributed by atoms with Crippen LogP contribution in [0.15, 0.2) is 0 Å².